The van der Waals surface area contributed by atoms with Crippen LogP contribution in [0, 0.1) is 18.3 Å². The molecule has 0 saturated carbocycles. The van der Waals surface area contributed by atoms with Crippen molar-refractivity contribution in [2.45, 2.75) is 40.4 Å². The largest absolute Gasteiger partial charge is 0.337 e. The van der Waals surface area contributed by atoms with Gasteiger partial charge in [-0.05, 0) is 35.4 Å². The Labute approximate surface area is 139 Å². The molecular weight excluding hydrogens is 312 g/mol. The maximum absolute atomic E-state index is 12.1. The lowest BCUT2D eigenvalue weighted by molar-refractivity contribution is 0.223. The number of sulfone groups is 1. The molecule has 0 aliphatic carbocycles. The highest BCUT2D eigenvalue weighted by molar-refractivity contribution is 7.89. The molecule has 0 spiro atoms. The van der Waals surface area contributed by atoms with Crippen LogP contribution in [-0.2, 0) is 15.6 Å². The van der Waals surface area contributed by atoms with Crippen molar-refractivity contribution in [3.05, 3.63) is 29.3 Å². The van der Waals surface area contributed by atoms with E-state index >= 15 is 0 Å². The highest BCUT2D eigenvalue weighted by Gasteiger charge is 2.23. The van der Waals surface area contributed by atoms with Crippen LogP contribution in [0.3, 0.4) is 0 Å². The molecule has 0 heterocycles. The van der Waals surface area contributed by atoms with Crippen molar-refractivity contribution in [3.8, 4) is 0 Å². The Morgan fingerprint density at radius 1 is 1.26 bits per heavy atom. The second-order valence-corrected chi connectivity index (χ2v) is 9.25. The summed E-state index contributed by atoms with van der Waals surface area (Å²) in [5, 5.41) is 5.68. The first-order valence-electron chi connectivity index (χ1n) is 7.73. The van der Waals surface area contributed by atoms with Gasteiger partial charge in [-0.2, -0.15) is 0 Å². The number of hydrogen-bond donors (Lipinski definition) is 2. The van der Waals surface area contributed by atoms with E-state index in [4.69, 9.17) is 0 Å². The van der Waals surface area contributed by atoms with Crippen molar-refractivity contribution in [2.75, 3.05) is 18.1 Å². The molecule has 0 aliphatic heterocycles. The van der Waals surface area contributed by atoms with Crippen LogP contribution >= 0.6 is 0 Å². The molecule has 0 bridgehead atoms. The van der Waals surface area contributed by atoms with Crippen molar-refractivity contribution in [1.82, 2.24) is 5.32 Å². The number of benzene rings is 1. The predicted molar refractivity (Wildman–Crippen MR) is 95.4 cm³/mol. The van der Waals surface area contributed by atoms with Crippen LogP contribution in [0.4, 0.5) is 10.5 Å². The Kier molecular flexibility index (Phi) is 6.22. The van der Waals surface area contributed by atoms with Crippen molar-refractivity contribution < 1.29 is 13.2 Å². The van der Waals surface area contributed by atoms with E-state index in [9.17, 15) is 13.2 Å². The average molecular weight is 340 g/mol. The number of carbonyl (C=O) groups is 1. The molecule has 0 unspecified atom stereocenters. The monoisotopic (exact) mass is 340 g/mol. The van der Waals surface area contributed by atoms with Crippen LogP contribution in [0.2, 0.25) is 0 Å². The molecular formula is C17H28N2O3S. The first-order valence-corrected chi connectivity index (χ1v) is 9.79. The van der Waals surface area contributed by atoms with Gasteiger partial charge in [0.1, 0.15) is 0 Å². The maximum atomic E-state index is 12.1. The molecule has 1 aromatic rings. The van der Waals surface area contributed by atoms with Gasteiger partial charge in [-0.25, -0.2) is 13.2 Å². The van der Waals surface area contributed by atoms with Crippen molar-refractivity contribution in [2.24, 2.45) is 11.3 Å². The minimum absolute atomic E-state index is 0.00449. The van der Waals surface area contributed by atoms with E-state index in [-0.39, 0.29) is 17.2 Å². The zero-order valence-electron chi connectivity index (χ0n) is 14.9. The number of amides is 2. The minimum atomic E-state index is -3.11. The van der Waals surface area contributed by atoms with Gasteiger partial charge in [0.15, 0.2) is 9.84 Å². The fourth-order valence-corrected chi connectivity index (χ4v) is 2.81. The number of hydrogen-bond acceptors (Lipinski definition) is 3. The van der Waals surface area contributed by atoms with E-state index in [1.807, 2.05) is 6.92 Å². The highest BCUT2D eigenvalue weighted by atomic mass is 32.2. The van der Waals surface area contributed by atoms with Crippen molar-refractivity contribution >= 4 is 21.6 Å². The van der Waals surface area contributed by atoms with Crippen LogP contribution in [0.5, 0.6) is 0 Å². The molecule has 0 aromatic heterocycles. The van der Waals surface area contributed by atoms with E-state index < -0.39 is 9.84 Å². The third kappa shape index (κ3) is 6.22. The highest BCUT2D eigenvalue weighted by Crippen LogP contribution is 2.25. The maximum Gasteiger partial charge on any atom is 0.319 e. The van der Waals surface area contributed by atoms with E-state index in [1.54, 1.807) is 18.2 Å². The van der Waals surface area contributed by atoms with Gasteiger partial charge in [0, 0.05) is 18.5 Å². The topological polar surface area (TPSA) is 75.3 Å². The Bertz CT molecular complexity index is 664. The number of carbonyl (C=O) groups excluding carboxylic acids is 1. The van der Waals surface area contributed by atoms with Crippen LogP contribution in [-0.4, -0.2) is 27.2 Å². The predicted octanol–water partition coefficient (Wildman–Crippen LogP) is 3.34. The SMILES string of the molecule is Cc1c(CS(C)(=O)=O)cccc1NC(=O)NCC(C)(C)C(C)C. The van der Waals surface area contributed by atoms with E-state index in [1.165, 1.54) is 6.26 Å². The molecule has 2 N–H and O–H groups in total. The standard InChI is InChI=1S/C17H28N2O3S/c1-12(2)17(4,5)11-18-16(20)19-15-9-7-8-14(13(15)3)10-23(6,21)22/h7-9,12H,10-11H2,1-6H3,(H2,18,19,20). The van der Waals surface area contributed by atoms with Gasteiger partial charge in [0.2, 0.25) is 0 Å². The van der Waals surface area contributed by atoms with E-state index in [0.717, 1.165) is 5.56 Å². The summed E-state index contributed by atoms with van der Waals surface area (Å²) in [5.74, 6) is 0.415. The van der Waals surface area contributed by atoms with E-state index in [0.29, 0.717) is 23.7 Å². The van der Waals surface area contributed by atoms with Crippen LogP contribution in [0.1, 0.15) is 38.8 Å². The number of rotatable bonds is 6. The lowest BCUT2D eigenvalue weighted by Gasteiger charge is -2.29. The number of anilines is 1. The molecule has 5 nitrogen and oxygen atoms in total. The molecule has 0 radical (unpaired) electrons. The van der Waals surface area contributed by atoms with Gasteiger partial charge in [0.25, 0.3) is 0 Å². The lowest BCUT2D eigenvalue weighted by Crippen LogP contribution is -2.39. The van der Waals surface area contributed by atoms with Gasteiger partial charge in [0.05, 0.1) is 5.75 Å². The second kappa shape index (κ2) is 7.34. The van der Waals surface area contributed by atoms with Gasteiger partial charge >= 0.3 is 6.03 Å². The Balaban J connectivity index is 2.78. The molecule has 1 aromatic carbocycles. The smallest absolute Gasteiger partial charge is 0.319 e. The molecule has 2 amide bonds. The van der Waals surface area contributed by atoms with Gasteiger partial charge in [-0.3, -0.25) is 0 Å². The summed E-state index contributed by atoms with van der Waals surface area (Å²) in [4.78, 5) is 12.1. The molecule has 0 aliphatic rings. The normalized spacial score (nSPS) is 12.3. The van der Waals surface area contributed by atoms with Crippen LogP contribution in [0.15, 0.2) is 18.2 Å². The molecule has 0 fully saturated rings. The zero-order valence-corrected chi connectivity index (χ0v) is 15.7. The molecule has 1 rings (SSSR count). The third-order valence-electron chi connectivity index (χ3n) is 4.38. The van der Waals surface area contributed by atoms with Gasteiger partial charge in [-0.15, -0.1) is 0 Å². The molecule has 0 atom stereocenters. The van der Waals surface area contributed by atoms with Crippen molar-refractivity contribution in [3.63, 3.8) is 0 Å². The summed E-state index contributed by atoms with van der Waals surface area (Å²) in [6.45, 7) is 10.8. The Hall–Kier alpha value is -1.56. The number of nitrogens with one attached hydrogen (secondary N) is 2. The minimum Gasteiger partial charge on any atom is -0.337 e. The molecule has 6 heteroatoms. The zero-order chi connectivity index (χ0) is 17.8. The quantitative estimate of drug-likeness (QED) is 0.834. The fraction of sp³-hybridized carbons (Fsp3) is 0.588. The fourth-order valence-electron chi connectivity index (χ4n) is 1.94. The van der Waals surface area contributed by atoms with Crippen LogP contribution in [0.25, 0.3) is 0 Å². The van der Waals surface area contributed by atoms with Crippen LogP contribution < -0.4 is 10.6 Å². The van der Waals surface area contributed by atoms with Crippen molar-refractivity contribution in [1.29, 1.82) is 0 Å². The Morgan fingerprint density at radius 2 is 1.87 bits per heavy atom. The molecule has 0 saturated heterocycles. The summed E-state index contributed by atoms with van der Waals surface area (Å²) >= 11 is 0. The average Bonchev–Trinajstić information content (AvgIpc) is 2.39. The summed E-state index contributed by atoms with van der Waals surface area (Å²) < 4.78 is 22.9. The lowest BCUT2D eigenvalue weighted by atomic mass is 9.81. The molecule has 23 heavy (non-hydrogen) atoms. The van der Waals surface area contributed by atoms with E-state index in [2.05, 4.69) is 38.3 Å². The summed E-state index contributed by atoms with van der Waals surface area (Å²) in [6.07, 6.45) is 1.20. The number of urea groups is 1. The summed E-state index contributed by atoms with van der Waals surface area (Å²) in [7, 11) is -3.11. The first kappa shape index (κ1) is 19.5. The van der Waals surface area contributed by atoms with Gasteiger partial charge < -0.3 is 10.6 Å². The summed E-state index contributed by atoms with van der Waals surface area (Å²) in [6, 6.07) is 5.01. The Morgan fingerprint density at radius 3 is 2.39 bits per heavy atom. The third-order valence-corrected chi connectivity index (χ3v) is 5.21. The van der Waals surface area contributed by atoms with Gasteiger partial charge in [-0.1, -0.05) is 39.8 Å². The molecule has 130 valence electrons. The summed E-state index contributed by atoms with van der Waals surface area (Å²) in [5.41, 5.74) is 2.11. The first-order chi connectivity index (χ1) is 10.4. The second-order valence-electron chi connectivity index (χ2n) is 7.11.